The van der Waals surface area contributed by atoms with Gasteiger partial charge in [-0.05, 0) is 6.42 Å². The average molecular weight is 398 g/mol. The number of hydrogen-bond donors (Lipinski definition) is 1. The van der Waals surface area contributed by atoms with Crippen LogP contribution in [0.5, 0.6) is 0 Å². The third kappa shape index (κ3) is 6.24. The fourth-order valence-corrected chi connectivity index (χ4v) is 3.22. The quantitative estimate of drug-likeness (QED) is 0.701. The first kappa shape index (κ1) is 21.2. The van der Waals surface area contributed by atoms with Crippen molar-refractivity contribution in [2.45, 2.75) is 19.8 Å². The maximum Gasteiger partial charge on any atom is 0.270 e. The van der Waals surface area contributed by atoms with Crippen LogP contribution in [0.15, 0.2) is 36.4 Å². The summed E-state index contributed by atoms with van der Waals surface area (Å²) in [6, 6.07) is 11.6. The second kappa shape index (κ2) is 10.9. The van der Waals surface area contributed by atoms with Gasteiger partial charge in [-0.15, -0.1) is 0 Å². The normalized spacial score (nSPS) is 14.6. The molecule has 7 nitrogen and oxygen atoms in total. The van der Waals surface area contributed by atoms with Gasteiger partial charge < -0.3 is 15.0 Å². The lowest BCUT2D eigenvalue weighted by atomic mass is 10.2. The Morgan fingerprint density at radius 2 is 1.97 bits per heavy atom. The molecule has 1 aliphatic heterocycles. The Balaban J connectivity index is 1.73. The van der Waals surface area contributed by atoms with E-state index in [1.807, 2.05) is 37.4 Å². The minimum atomic E-state index is -0.164. The average Bonchev–Trinajstić information content (AvgIpc) is 2.78. The first-order chi connectivity index (χ1) is 14.2. The van der Waals surface area contributed by atoms with Gasteiger partial charge in [-0.1, -0.05) is 43.7 Å². The van der Waals surface area contributed by atoms with E-state index in [0.717, 1.165) is 63.6 Å². The van der Waals surface area contributed by atoms with E-state index in [0.29, 0.717) is 18.1 Å². The molecule has 1 fully saturated rings. The van der Waals surface area contributed by atoms with Crippen molar-refractivity contribution >= 4 is 11.7 Å². The van der Waals surface area contributed by atoms with E-state index in [1.54, 1.807) is 6.07 Å². The molecule has 0 unspecified atom stereocenters. The highest BCUT2D eigenvalue weighted by molar-refractivity contribution is 5.93. The van der Waals surface area contributed by atoms with Gasteiger partial charge in [-0.2, -0.15) is 0 Å². The van der Waals surface area contributed by atoms with Crippen LogP contribution >= 0.6 is 0 Å². The number of hydrogen-bond acceptors (Lipinski definition) is 6. The lowest BCUT2D eigenvalue weighted by Gasteiger charge is -2.26. The highest BCUT2D eigenvalue weighted by Crippen LogP contribution is 2.20. The van der Waals surface area contributed by atoms with Crippen LogP contribution in [0.3, 0.4) is 0 Å². The second-order valence-corrected chi connectivity index (χ2v) is 7.29. The van der Waals surface area contributed by atoms with E-state index in [1.165, 1.54) is 0 Å². The van der Waals surface area contributed by atoms with Crippen molar-refractivity contribution in [3.05, 3.63) is 42.1 Å². The van der Waals surface area contributed by atoms with Crippen LogP contribution in [0.1, 0.15) is 30.3 Å². The Morgan fingerprint density at radius 1 is 1.21 bits per heavy atom. The topological polar surface area (TPSA) is 70.6 Å². The molecule has 1 N–H and O–H groups in total. The van der Waals surface area contributed by atoms with Gasteiger partial charge in [-0.25, -0.2) is 9.97 Å². The largest absolute Gasteiger partial charge is 0.379 e. The fourth-order valence-electron chi connectivity index (χ4n) is 3.22. The number of benzene rings is 1. The molecule has 1 aromatic carbocycles. The number of nitrogens with zero attached hydrogens (tertiary/aromatic N) is 4. The number of aromatic nitrogens is 2. The van der Waals surface area contributed by atoms with Crippen LogP contribution in [0.4, 0.5) is 5.82 Å². The van der Waals surface area contributed by atoms with Crippen LogP contribution in [0.25, 0.3) is 11.4 Å². The molecule has 2 aromatic rings. The van der Waals surface area contributed by atoms with Crippen molar-refractivity contribution in [2.75, 3.05) is 57.9 Å². The van der Waals surface area contributed by atoms with Crippen LogP contribution < -0.4 is 10.2 Å². The predicted molar refractivity (Wildman–Crippen MR) is 115 cm³/mol. The maximum absolute atomic E-state index is 12.8. The number of amides is 1. The molecule has 156 valence electrons. The van der Waals surface area contributed by atoms with Crippen molar-refractivity contribution in [3.63, 3.8) is 0 Å². The number of carbonyl (C=O) groups excluding carboxylic acids is 1. The van der Waals surface area contributed by atoms with Gasteiger partial charge in [0, 0.05) is 51.4 Å². The molecule has 1 aromatic heterocycles. The number of rotatable bonds is 9. The smallest absolute Gasteiger partial charge is 0.270 e. The molecule has 0 aliphatic carbocycles. The van der Waals surface area contributed by atoms with Crippen molar-refractivity contribution in [2.24, 2.45) is 0 Å². The summed E-state index contributed by atoms with van der Waals surface area (Å²) in [7, 11) is 2.01. The van der Waals surface area contributed by atoms with Crippen LogP contribution in [-0.2, 0) is 4.74 Å². The Labute approximate surface area is 173 Å². The van der Waals surface area contributed by atoms with Crippen LogP contribution in [-0.4, -0.2) is 73.8 Å². The van der Waals surface area contributed by atoms with Gasteiger partial charge in [0.1, 0.15) is 11.5 Å². The van der Waals surface area contributed by atoms with E-state index in [2.05, 4.69) is 27.0 Å². The van der Waals surface area contributed by atoms with Crippen molar-refractivity contribution in [1.29, 1.82) is 0 Å². The number of carbonyl (C=O) groups is 1. The molecule has 0 saturated carbocycles. The number of ether oxygens (including phenoxy) is 1. The van der Waals surface area contributed by atoms with E-state index >= 15 is 0 Å². The van der Waals surface area contributed by atoms with E-state index in [-0.39, 0.29) is 5.91 Å². The zero-order valence-electron chi connectivity index (χ0n) is 17.4. The van der Waals surface area contributed by atoms with E-state index < -0.39 is 0 Å². The standard InChI is InChI=1S/C22H31N5O2/c1-3-4-11-26(2)20-17-19(24-21(25-20)18-8-6-5-7-9-18)22(28)23-10-12-27-13-15-29-16-14-27/h5-9,17H,3-4,10-16H2,1-2H3,(H,23,28). The molecule has 3 rings (SSSR count). The zero-order chi connectivity index (χ0) is 20.5. The zero-order valence-corrected chi connectivity index (χ0v) is 17.4. The van der Waals surface area contributed by atoms with Gasteiger partial charge in [0.15, 0.2) is 5.82 Å². The summed E-state index contributed by atoms with van der Waals surface area (Å²) < 4.78 is 5.36. The van der Waals surface area contributed by atoms with Crippen molar-refractivity contribution in [3.8, 4) is 11.4 Å². The monoisotopic (exact) mass is 397 g/mol. The molecule has 1 saturated heterocycles. The van der Waals surface area contributed by atoms with Gasteiger partial charge in [-0.3, -0.25) is 9.69 Å². The molecule has 0 bridgehead atoms. The summed E-state index contributed by atoms with van der Waals surface area (Å²) >= 11 is 0. The third-order valence-corrected chi connectivity index (χ3v) is 5.03. The van der Waals surface area contributed by atoms with Gasteiger partial charge >= 0.3 is 0 Å². The van der Waals surface area contributed by atoms with E-state index in [9.17, 15) is 4.79 Å². The first-order valence-corrected chi connectivity index (χ1v) is 10.4. The molecule has 1 aliphatic rings. The Kier molecular flexibility index (Phi) is 7.95. The molecule has 7 heteroatoms. The predicted octanol–water partition coefficient (Wildman–Crippen LogP) is 2.44. The summed E-state index contributed by atoms with van der Waals surface area (Å²) in [5.74, 6) is 1.18. The van der Waals surface area contributed by atoms with Crippen molar-refractivity contribution < 1.29 is 9.53 Å². The molecule has 1 amide bonds. The molecule has 0 spiro atoms. The molecular formula is C22H31N5O2. The van der Waals surface area contributed by atoms with E-state index in [4.69, 9.17) is 9.72 Å². The number of unbranched alkanes of at least 4 members (excludes halogenated alkanes) is 1. The number of anilines is 1. The summed E-state index contributed by atoms with van der Waals surface area (Å²) in [5.41, 5.74) is 1.31. The SMILES string of the molecule is CCCCN(C)c1cc(C(=O)NCCN2CCOCC2)nc(-c2ccccc2)n1. The number of nitrogens with one attached hydrogen (secondary N) is 1. The van der Waals surface area contributed by atoms with Crippen molar-refractivity contribution in [1.82, 2.24) is 20.2 Å². The Bertz CT molecular complexity index is 778. The Hall–Kier alpha value is -2.51. The first-order valence-electron chi connectivity index (χ1n) is 10.4. The minimum Gasteiger partial charge on any atom is -0.379 e. The summed E-state index contributed by atoms with van der Waals surface area (Å²) in [5, 5.41) is 3.00. The summed E-state index contributed by atoms with van der Waals surface area (Å²) in [4.78, 5) is 26.4. The summed E-state index contributed by atoms with van der Waals surface area (Å²) in [6.07, 6.45) is 2.18. The van der Waals surface area contributed by atoms with Gasteiger partial charge in [0.2, 0.25) is 0 Å². The Morgan fingerprint density at radius 3 is 2.69 bits per heavy atom. The minimum absolute atomic E-state index is 0.164. The highest BCUT2D eigenvalue weighted by Gasteiger charge is 2.16. The third-order valence-electron chi connectivity index (χ3n) is 5.03. The van der Waals surface area contributed by atoms with Crippen LogP contribution in [0, 0.1) is 0 Å². The molecule has 0 radical (unpaired) electrons. The molecule has 0 atom stereocenters. The van der Waals surface area contributed by atoms with Gasteiger partial charge in [0.05, 0.1) is 13.2 Å². The lowest BCUT2D eigenvalue weighted by Crippen LogP contribution is -2.41. The molecular weight excluding hydrogens is 366 g/mol. The molecule has 29 heavy (non-hydrogen) atoms. The summed E-state index contributed by atoms with van der Waals surface area (Å²) in [6.45, 7) is 7.79. The van der Waals surface area contributed by atoms with Crippen LogP contribution in [0.2, 0.25) is 0 Å². The second-order valence-electron chi connectivity index (χ2n) is 7.29. The molecule has 2 heterocycles. The maximum atomic E-state index is 12.8. The number of morpholine rings is 1. The van der Waals surface area contributed by atoms with Gasteiger partial charge in [0.25, 0.3) is 5.91 Å². The fraction of sp³-hybridized carbons (Fsp3) is 0.500. The highest BCUT2D eigenvalue weighted by atomic mass is 16.5. The lowest BCUT2D eigenvalue weighted by molar-refractivity contribution is 0.0383.